The molecule has 3 aromatic rings. The van der Waals surface area contributed by atoms with Crippen molar-refractivity contribution in [1.29, 1.82) is 0 Å². The van der Waals surface area contributed by atoms with Crippen LogP contribution in [-0.2, 0) is 10.3 Å². The molecule has 0 radical (unpaired) electrons. The molecule has 3 rings (SSSR count). The fraction of sp³-hybridized carbons (Fsp3) is 0.269. The Kier molecular flexibility index (Phi) is 7.82. The van der Waals surface area contributed by atoms with Gasteiger partial charge in [0.1, 0.15) is 11.8 Å². The number of ether oxygens (including phenoxy) is 1. The molecule has 0 amide bonds. The van der Waals surface area contributed by atoms with Crippen molar-refractivity contribution in [1.82, 2.24) is 5.32 Å². The summed E-state index contributed by atoms with van der Waals surface area (Å²) in [6, 6.07) is 27.0. The first-order valence-electron chi connectivity index (χ1n) is 10.6. The van der Waals surface area contributed by atoms with Gasteiger partial charge in [-0.3, -0.25) is 10.1 Å². The number of rotatable bonds is 11. The predicted octanol–water partition coefficient (Wildman–Crippen LogP) is 4.16. The number of methoxy groups -OCH3 is 1. The lowest BCUT2D eigenvalue weighted by molar-refractivity contribution is -0.140. The van der Waals surface area contributed by atoms with Crippen LogP contribution in [0.1, 0.15) is 36.0 Å². The van der Waals surface area contributed by atoms with Crippen molar-refractivity contribution in [2.75, 3.05) is 13.7 Å². The van der Waals surface area contributed by atoms with Crippen molar-refractivity contribution in [3.05, 3.63) is 102 Å². The highest BCUT2D eigenvalue weighted by Crippen LogP contribution is 2.38. The van der Waals surface area contributed by atoms with E-state index in [0.29, 0.717) is 13.0 Å². The van der Waals surface area contributed by atoms with E-state index in [2.05, 4.69) is 5.32 Å². The van der Waals surface area contributed by atoms with Crippen LogP contribution in [0.15, 0.2) is 84.9 Å². The van der Waals surface area contributed by atoms with Crippen molar-refractivity contribution in [3.63, 3.8) is 0 Å². The first kappa shape index (κ1) is 22.5. The molecule has 162 valence electrons. The number of carboxylic acids is 1. The average Bonchev–Trinajstić information content (AvgIpc) is 2.82. The normalized spacial score (nSPS) is 12.3. The summed E-state index contributed by atoms with van der Waals surface area (Å²) in [7, 11) is 1.63. The molecule has 0 bridgehead atoms. The van der Waals surface area contributed by atoms with Crippen LogP contribution in [-0.4, -0.2) is 30.8 Å². The molecular formula is C26H30N2O3. The van der Waals surface area contributed by atoms with Crippen molar-refractivity contribution in [3.8, 4) is 5.75 Å². The summed E-state index contributed by atoms with van der Waals surface area (Å²) in [4.78, 5) is 12.3. The van der Waals surface area contributed by atoms with Crippen LogP contribution in [0.2, 0.25) is 0 Å². The van der Waals surface area contributed by atoms with Crippen LogP contribution in [0.5, 0.6) is 5.75 Å². The molecule has 3 aromatic carbocycles. The molecule has 0 saturated carbocycles. The fourth-order valence-electron chi connectivity index (χ4n) is 3.98. The molecule has 31 heavy (non-hydrogen) atoms. The van der Waals surface area contributed by atoms with Gasteiger partial charge >= 0.3 is 5.97 Å². The summed E-state index contributed by atoms with van der Waals surface area (Å²) in [5, 5.41) is 13.6. The Hall–Kier alpha value is -3.15. The van der Waals surface area contributed by atoms with Gasteiger partial charge in [-0.25, -0.2) is 0 Å². The number of carbonyl (C=O) groups is 1. The molecule has 0 spiro atoms. The van der Waals surface area contributed by atoms with E-state index < -0.39 is 17.6 Å². The number of nitrogens with one attached hydrogen (secondary N) is 1. The highest BCUT2D eigenvalue weighted by molar-refractivity contribution is 5.74. The highest BCUT2D eigenvalue weighted by atomic mass is 16.5. The van der Waals surface area contributed by atoms with E-state index in [9.17, 15) is 9.90 Å². The average molecular weight is 419 g/mol. The zero-order valence-electron chi connectivity index (χ0n) is 17.8. The maximum Gasteiger partial charge on any atom is 0.320 e. The lowest BCUT2D eigenvalue weighted by Crippen LogP contribution is -2.52. The van der Waals surface area contributed by atoms with Crippen LogP contribution >= 0.6 is 0 Å². The zero-order valence-corrected chi connectivity index (χ0v) is 17.8. The van der Waals surface area contributed by atoms with Gasteiger partial charge in [-0.05, 0) is 48.2 Å². The van der Waals surface area contributed by atoms with Gasteiger partial charge < -0.3 is 15.6 Å². The number of carboxylic acid groups (broad SMARTS) is 1. The molecule has 0 aliphatic heterocycles. The second kappa shape index (κ2) is 10.8. The van der Waals surface area contributed by atoms with Crippen LogP contribution in [0, 0.1) is 0 Å². The van der Waals surface area contributed by atoms with Crippen molar-refractivity contribution < 1.29 is 14.6 Å². The second-order valence-electron chi connectivity index (χ2n) is 7.53. The highest BCUT2D eigenvalue weighted by Gasteiger charge is 2.39. The van der Waals surface area contributed by atoms with Crippen molar-refractivity contribution in [2.45, 2.75) is 30.8 Å². The quantitative estimate of drug-likeness (QED) is 0.322. The molecule has 0 aliphatic carbocycles. The SMILES string of the molecule is COc1ccc(C(N[C@@H](CCCCN)C(=O)O)(c2ccccc2)c2ccccc2)cc1. The predicted molar refractivity (Wildman–Crippen MR) is 123 cm³/mol. The third-order valence-electron chi connectivity index (χ3n) is 5.57. The molecule has 0 aliphatic rings. The molecule has 0 saturated heterocycles. The molecule has 0 aromatic heterocycles. The first-order valence-corrected chi connectivity index (χ1v) is 10.6. The smallest absolute Gasteiger partial charge is 0.320 e. The largest absolute Gasteiger partial charge is 0.497 e. The minimum Gasteiger partial charge on any atom is -0.497 e. The van der Waals surface area contributed by atoms with E-state index in [1.807, 2.05) is 84.9 Å². The molecular weight excluding hydrogens is 388 g/mol. The van der Waals surface area contributed by atoms with Crippen molar-refractivity contribution in [2.24, 2.45) is 5.73 Å². The molecule has 5 heteroatoms. The Balaban J connectivity index is 2.20. The summed E-state index contributed by atoms with van der Waals surface area (Å²) in [6.45, 7) is 0.549. The Labute approximate surface area is 183 Å². The van der Waals surface area contributed by atoms with E-state index in [4.69, 9.17) is 10.5 Å². The lowest BCUT2D eigenvalue weighted by Gasteiger charge is -2.39. The zero-order chi connectivity index (χ0) is 22.1. The first-order chi connectivity index (χ1) is 15.1. The Morgan fingerprint density at radius 1 is 0.903 bits per heavy atom. The number of hydrogen-bond donors (Lipinski definition) is 3. The number of nitrogens with two attached hydrogens (primary N) is 1. The van der Waals surface area contributed by atoms with Crippen molar-refractivity contribution >= 4 is 5.97 Å². The fourth-order valence-corrected chi connectivity index (χ4v) is 3.98. The Morgan fingerprint density at radius 2 is 1.42 bits per heavy atom. The van der Waals surface area contributed by atoms with E-state index in [0.717, 1.165) is 35.3 Å². The monoisotopic (exact) mass is 418 g/mol. The molecule has 0 heterocycles. The van der Waals surface area contributed by atoms with Crippen LogP contribution in [0.4, 0.5) is 0 Å². The summed E-state index contributed by atoms with van der Waals surface area (Å²) in [6.07, 6.45) is 2.02. The summed E-state index contributed by atoms with van der Waals surface area (Å²) in [5.41, 5.74) is 7.67. The maximum atomic E-state index is 12.3. The third kappa shape index (κ3) is 5.13. The Morgan fingerprint density at radius 3 is 1.87 bits per heavy atom. The lowest BCUT2D eigenvalue weighted by atomic mass is 9.76. The second-order valence-corrected chi connectivity index (χ2v) is 7.53. The topological polar surface area (TPSA) is 84.6 Å². The van der Waals surface area contributed by atoms with E-state index in [1.165, 1.54) is 0 Å². The van der Waals surface area contributed by atoms with Gasteiger partial charge in [0.2, 0.25) is 0 Å². The van der Waals surface area contributed by atoms with Gasteiger partial charge in [0.05, 0.1) is 12.6 Å². The summed E-state index contributed by atoms with van der Waals surface area (Å²) < 4.78 is 5.35. The molecule has 0 unspecified atom stereocenters. The van der Waals surface area contributed by atoms with Gasteiger partial charge in [-0.1, -0.05) is 79.2 Å². The molecule has 0 fully saturated rings. The van der Waals surface area contributed by atoms with Gasteiger partial charge in [-0.15, -0.1) is 0 Å². The van der Waals surface area contributed by atoms with Gasteiger partial charge in [0.15, 0.2) is 0 Å². The summed E-state index contributed by atoms with van der Waals surface area (Å²) in [5.74, 6) is -0.127. The number of hydrogen-bond acceptors (Lipinski definition) is 4. The van der Waals surface area contributed by atoms with Gasteiger partial charge in [0.25, 0.3) is 0 Å². The van der Waals surface area contributed by atoms with Gasteiger partial charge in [0, 0.05) is 0 Å². The van der Waals surface area contributed by atoms with E-state index >= 15 is 0 Å². The standard InChI is InChI=1S/C26H30N2O3/c1-31-23-17-15-22(16-18-23)26(20-10-4-2-5-11-20,21-12-6-3-7-13-21)28-24(25(29)30)14-8-9-19-27/h2-7,10-13,15-18,24,28H,8-9,14,19,27H2,1H3,(H,29,30)/t24-/m0/s1. The summed E-state index contributed by atoms with van der Waals surface area (Å²) >= 11 is 0. The molecule has 4 N–H and O–H groups in total. The minimum atomic E-state index is -0.873. The minimum absolute atomic E-state index is 0.490. The molecule has 1 atom stereocenters. The van der Waals surface area contributed by atoms with Crippen LogP contribution in [0.25, 0.3) is 0 Å². The number of benzene rings is 3. The third-order valence-corrected chi connectivity index (χ3v) is 5.57. The Bertz CT molecular complexity index is 904. The van der Waals surface area contributed by atoms with Gasteiger partial charge in [-0.2, -0.15) is 0 Å². The number of aliphatic carboxylic acids is 1. The van der Waals surface area contributed by atoms with Crippen LogP contribution < -0.4 is 15.8 Å². The molecule has 5 nitrogen and oxygen atoms in total. The van der Waals surface area contributed by atoms with E-state index in [-0.39, 0.29) is 0 Å². The number of unbranched alkanes of at least 4 members (excludes halogenated alkanes) is 1. The van der Waals surface area contributed by atoms with Crippen LogP contribution in [0.3, 0.4) is 0 Å². The maximum absolute atomic E-state index is 12.3. The van der Waals surface area contributed by atoms with E-state index in [1.54, 1.807) is 7.11 Å².